The van der Waals surface area contributed by atoms with E-state index in [9.17, 15) is 5.26 Å². The van der Waals surface area contributed by atoms with Crippen molar-refractivity contribution >= 4 is 28.2 Å². The molecule has 124 valence electrons. The van der Waals surface area contributed by atoms with Gasteiger partial charge in [-0.1, -0.05) is 72.3 Å². The zero-order valence-corrected chi connectivity index (χ0v) is 14.5. The lowest BCUT2D eigenvalue weighted by atomic mass is 9.96. The normalized spacial score (nSPS) is 10.6. The summed E-state index contributed by atoms with van der Waals surface area (Å²) < 4.78 is 0. The Labute approximate surface area is 156 Å². The number of nitrogen functional groups attached to an aromatic ring is 1. The van der Waals surface area contributed by atoms with E-state index in [2.05, 4.69) is 29.3 Å². The first-order valence-corrected chi connectivity index (χ1v) is 8.50. The van der Waals surface area contributed by atoms with Crippen LogP contribution in [0.2, 0.25) is 5.02 Å². The molecule has 0 saturated heterocycles. The van der Waals surface area contributed by atoms with Gasteiger partial charge in [-0.3, -0.25) is 0 Å². The Morgan fingerprint density at radius 2 is 1.54 bits per heavy atom. The highest BCUT2D eigenvalue weighted by Crippen LogP contribution is 2.36. The Bertz CT molecular complexity index is 1170. The van der Waals surface area contributed by atoms with E-state index < -0.39 is 0 Å². The highest BCUT2D eigenvalue weighted by Gasteiger charge is 2.16. The summed E-state index contributed by atoms with van der Waals surface area (Å²) in [6.07, 6.45) is 0. The monoisotopic (exact) mass is 355 g/mol. The van der Waals surface area contributed by atoms with E-state index in [1.54, 1.807) is 6.07 Å². The second-order valence-electron chi connectivity index (χ2n) is 5.93. The lowest BCUT2D eigenvalue weighted by Crippen LogP contribution is -2.00. The van der Waals surface area contributed by atoms with Crippen LogP contribution in [0, 0.1) is 11.3 Å². The molecule has 0 aliphatic carbocycles. The largest absolute Gasteiger partial charge is 0.383 e. The van der Waals surface area contributed by atoms with Crippen LogP contribution in [0.25, 0.3) is 33.2 Å². The standard InChI is InChI=1S/C22H14ClN3/c23-20-11-4-3-9-16(20)18-12-21(26-22(25)19(18)13-24)17-10-5-7-14-6-1-2-8-15(14)17/h1-12H,(H2,25,26). The van der Waals surface area contributed by atoms with Gasteiger partial charge in [0.05, 0.1) is 5.69 Å². The number of nitriles is 1. The molecule has 0 fully saturated rings. The SMILES string of the molecule is N#Cc1c(-c2ccccc2Cl)cc(-c2cccc3ccccc23)nc1N. The molecule has 0 amide bonds. The van der Waals surface area contributed by atoms with Crippen LogP contribution < -0.4 is 5.73 Å². The van der Waals surface area contributed by atoms with Crippen LogP contribution in [0.5, 0.6) is 0 Å². The number of pyridine rings is 1. The van der Waals surface area contributed by atoms with Gasteiger partial charge in [0.15, 0.2) is 0 Å². The maximum absolute atomic E-state index is 9.57. The molecule has 0 unspecified atom stereocenters. The molecule has 2 N–H and O–H groups in total. The van der Waals surface area contributed by atoms with Gasteiger partial charge in [0.1, 0.15) is 17.5 Å². The molecule has 0 bridgehead atoms. The summed E-state index contributed by atoms with van der Waals surface area (Å²) in [7, 11) is 0. The first kappa shape index (κ1) is 16.1. The van der Waals surface area contributed by atoms with E-state index in [0.29, 0.717) is 21.8 Å². The van der Waals surface area contributed by atoms with Crippen LogP contribution in [0.3, 0.4) is 0 Å². The van der Waals surface area contributed by atoms with E-state index in [4.69, 9.17) is 17.3 Å². The number of rotatable bonds is 2. The number of halogens is 1. The minimum atomic E-state index is 0.202. The Balaban J connectivity index is 2.03. The van der Waals surface area contributed by atoms with Crippen LogP contribution in [0.1, 0.15) is 5.56 Å². The van der Waals surface area contributed by atoms with Gasteiger partial charge in [-0.2, -0.15) is 5.26 Å². The Morgan fingerprint density at radius 1 is 0.846 bits per heavy atom. The van der Waals surface area contributed by atoms with Crippen molar-refractivity contribution in [1.29, 1.82) is 5.26 Å². The fraction of sp³-hybridized carbons (Fsp3) is 0. The molecule has 3 nitrogen and oxygen atoms in total. The third-order valence-electron chi connectivity index (χ3n) is 4.39. The van der Waals surface area contributed by atoms with E-state index in [-0.39, 0.29) is 5.82 Å². The third kappa shape index (κ3) is 2.67. The fourth-order valence-electron chi connectivity index (χ4n) is 3.16. The van der Waals surface area contributed by atoms with Crippen molar-refractivity contribution in [3.05, 3.63) is 83.4 Å². The number of fused-ring (bicyclic) bond motifs is 1. The summed E-state index contributed by atoms with van der Waals surface area (Å²) in [5.74, 6) is 0.202. The van der Waals surface area contributed by atoms with Crippen LogP contribution in [-0.4, -0.2) is 4.98 Å². The molecule has 3 aromatic carbocycles. The number of benzene rings is 3. The molecule has 4 heteroatoms. The van der Waals surface area contributed by atoms with Gasteiger partial charge in [0.2, 0.25) is 0 Å². The summed E-state index contributed by atoms with van der Waals surface area (Å²) >= 11 is 6.36. The number of nitrogens with two attached hydrogens (primary N) is 1. The van der Waals surface area contributed by atoms with Crippen molar-refractivity contribution in [1.82, 2.24) is 4.98 Å². The molecule has 0 aliphatic heterocycles. The average Bonchev–Trinajstić information content (AvgIpc) is 2.67. The minimum Gasteiger partial charge on any atom is -0.383 e. The smallest absolute Gasteiger partial charge is 0.142 e. The molecular weight excluding hydrogens is 342 g/mol. The zero-order valence-electron chi connectivity index (χ0n) is 13.8. The van der Waals surface area contributed by atoms with Gasteiger partial charge in [-0.15, -0.1) is 0 Å². The molecule has 1 heterocycles. The maximum Gasteiger partial charge on any atom is 0.142 e. The predicted octanol–water partition coefficient (Wildman–Crippen LogP) is 5.68. The summed E-state index contributed by atoms with van der Waals surface area (Å²) in [4.78, 5) is 4.49. The third-order valence-corrected chi connectivity index (χ3v) is 4.72. The molecular formula is C22H14ClN3. The number of hydrogen-bond donors (Lipinski definition) is 1. The van der Waals surface area contributed by atoms with Crippen LogP contribution >= 0.6 is 11.6 Å². The minimum absolute atomic E-state index is 0.202. The van der Waals surface area contributed by atoms with Gasteiger partial charge in [-0.05, 0) is 22.9 Å². The summed E-state index contributed by atoms with van der Waals surface area (Å²) in [5.41, 5.74) is 9.59. The summed E-state index contributed by atoms with van der Waals surface area (Å²) in [6, 6.07) is 25.6. The molecule has 0 spiro atoms. The second-order valence-corrected chi connectivity index (χ2v) is 6.34. The number of nitrogens with zero attached hydrogens (tertiary/aromatic N) is 2. The van der Waals surface area contributed by atoms with Crippen molar-refractivity contribution in [2.75, 3.05) is 5.73 Å². The first-order valence-electron chi connectivity index (χ1n) is 8.12. The van der Waals surface area contributed by atoms with Crippen molar-refractivity contribution in [3.63, 3.8) is 0 Å². The number of aromatic nitrogens is 1. The number of anilines is 1. The molecule has 4 aromatic rings. The lowest BCUT2D eigenvalue weighted by molar-refractivity contribution is 1.31. The van der Waals surface area contributed by atoms with Gasteiger partial charge >= 0.3 is 0 Å². The van der Waals surface area contributed by atoms with E-state index in [0.717, 1.165) is 21.9 Å². The average molecular weight is 356 g/mol. The second kappa shape index (κ2) is 6.51. The van der Waals surface area contributed by atoms with Crippen molar-refractivity contribution in [2.45, 2.75) is 0 Å². The highest BCUT2D eigenvalue weighted by atomic mass is 35.5. The molecule has 1 aromatic heterocycles. The van der Waals surface area contributed by atoms with Crippen LogP contribution in [-0.2, 0) is 0 Å². The predicted molar refractivity (Wildman–Crippen MR) is 107 cm³/mol. The van der Waals surface area contributed by atoms with Crippen LogP contribution in [0.4, 0.5) is 5.82 Å². The topological polar surface area (TPSA) is 62.7 Å². The van der Waals surface area contributed by atoms with E-state index in [1.165, 1.54) is 0 Å². The maximum atomic E-state index is 9.57. The zero-order chi connectivity index (χ0) is 18.1. The molecule has 0 aliphatic rings. The Morgan fingerprint density at radius 3 is 2.35 bits per heavy atom. The van der Waals surface area contributed by atoms with Crippen molar-refractivity contribution in [3.8, 4) is 28.5 Å². The van der Waals surface area contributed by atoms with Gasteiger partial charge in [0.25, 0.3) is 0 Å². The molecule has 4 rings (SSSR count). The Hall–Kier alpha value is -3.35. The van der Waals surface area contributed by atoms with E-state index in [1.807, 2.05) is 48.5 Å². The van der Waals surface area contributed by atoms with Crippen molar-refractivity contribution in [2.24, 2.45) is 0 Å². The van der Waals surface area contributed by atoms with Crippen LogP contribution in [0.15, 0.2) is 72.8 Å². The molecule has 26 heavy (non-hydrogen) atoms. The first-order chi connectivity index (χ1) is 12.7. The summed E-state index contributed by atoms with van der Waals surface area (Å²) in [5, 5.41) is 12.3. The molecule has 0 radical (unpaired) electrons. The molecule has 0 atom stereocenters. The number of hydrogen-bond acceptors (Lipinski definition) is 3. The fourth-order valence-corrected chi connectivity index (χ4v) is 3.40. The quantitative estimate of drug-likeness (QED) is 0.503. The Kier molecular flexibility index (Phi) is 4.04. The van der Waals surface area contributed by atoms with Gasteiger partial charge in [0, 0.05) is 21.7 Å². The highest BCUT2D eigenvalue weighted by molar-refractivity contribution is 6.33. The molecule has 0 saturated carbocycles. The van der Waals surface area contributed by atoms with Crippen molar-refractivity contribution < 1.29 is 0 Å². The summed E-state index contributed by atoms with van der Waals surface area (Å²) in [6.45, 7) is 0. The van der Waals surface area contributed by atoms with Gasteiger partial charge in [-0.25, -0.2) is 4.98 Å². The van der Waals surface area contributed by atoms with E-state index >= 15 is 0 Å². The lowest BCUT2D eigenvalue weighted by Gasteiger charge is -2.12. The van der Waals surface area contributed by atoms with Gasteiger partial charge < -0.3 is 5.73 Å².